The molecule has 15 heavy (non-hydrogen) atoms. The van der Waals surface area contributed by atoms with E-state index in [0.717, 1.165) is 13.2 Å². The SMILES string of the molecule is CCCCCCCOCCCCCC.O. The summed E-state index contributed by atoms with van der Waals surface area (Å²) in [4.78, 5) is 0. The Balaban J connectivity index is 0. The molecule has 0 aromatic carbocycles. The fourth-order valence-electron chi connectivity index (χ4n) is 1.54. The summed E-state index contributed by atoms with van der Waals surface area (Å²) in [5.41, 5.74) is 0. The lowest BCUT2D eigenvalue weighted by Gasteiger charge is -2.03. The van der Waals surface area contributed by atoms with Crippen LogP contribution in [0.25, 0.3) is 0 Å². The van der Waals surface area contributed by atoms with Gasteiger partial charge in [0.25, 0.3) is 0 Å². The molecule has 0 radical (unpaired) electrons. The normalized spacial score (nSPS) is 10.0. The molecule has 2 N–H and O–H groups in total. The molecule has 0 spiro atoms. The first kappa shape index (κ1) is 17.3. The first-order valence-corrected chi connectivity index (χ1v) is 6.49. The Kier molecular flexibility index (Phi) is 18.9. The molecule has 0 rings (SSSR count). The molecule has 2 nitrogen and oxygen atoms in total. The van der Waals surface area contributed by atoms with Crippen molar-refractivity contribution in [2.75, 3.05) is 13.2 Å². The van der Waals surface area contributed by atoms with Crippen LogP contribution >= 0.6 is 0 Å². The Hall–Kier alpha value is -0.0800. The second-order valence-electron chi connectivity index (χ2n) is 4.09. The fraction of sp³-hybridized carbons (Fsp3) is 1.00. The van der Waals surface area contributed by atoms with Gasteiger partial charge in [-0.3, -0.25) is 0 Å². The van der Waals surface area contributed by atoms with E-state index in [1.54, 1.807) is 0 Å². The second kappa shape index (κ2) is 16.4. The lowest BCUT2D eigenvalue weighted by molar-refractivity contribution is 0.126. The third kappa shape index (κ3) is 16.6. The molecule has 0 saturated carbocycles. The Morgan fingerprint density at radius 1 is 0.600 bits per heavy atom. The summed E-state index contributed by atoms with van der Waals surface area (Å²) in [6.07, 6.45) is 12.0. The molecule has 0 unspecified atom stereocenters. The maximum Gasteiger partial charge on any atom is 0.0466 e. The quantitative estimate of drug-likeness (QED) is 0.487. The Morgan fingerprint density at radius 3 is 1.47 bits per heavy atom. The molecule has 0 amide bonds. The summed E-state index contributed by atoms with van der Waals surface area (Å²) in [6, 6.07) is 0. The van der Waals surface area contributed by atoms with E-state index < -0.39 is 0 Å². The van der Waals surface area contributed by atoms with Crippen LogP contribution in [-0.4, -0.2) is 18.7 Å². The van der Waals surface area contributed by atoms with Crippen LogP contribution in [0.1, 0.15) is 71.6 Å². The van der Waals surface area contributed by atoms with Gasteiger partial charge in [0.05, 0.1) is 0 Å². The molecular weight excluding hydrogens is 188 g/mol. The summed E-state index contributed by atoms with van der Waals surface area (Å²) in [6.45, 7) is 6.46. The summed E-state index contributed by atoms with van der Waals surface area (Å²) < 4.78 is 5.56. The molecule has 2 heteroatoms. The van der Waals surface area contributed by atoms with Gasteiger partial charge in [-0.2, -0.15) is 0 Å². The van der Waals surface area contributed by atoms with Crippen LogP contribution in [0, 0.1) is 0 Å². The van der Waals surface area contributed by atoms with Crippen molar-refractivity contribution in [1.29, 1.82) is 0 Å². The minimum atomic E-state index is 0. The lowest BCUT2D eigenvalue weighted by atomic mass is 10.2. The number of ether oxygens (including phenoxy) is 1. The molecule has 0 aromatic heterocycles. The molecule has 0 aliphatic rings. The van der Waals surface area contributed by atoms with Crippen LogP contribution in [0.2, 0.25) is 0 Å². The Morgan fingerprint density at radius 2 is 1.00 bits per heavy atom. The van der Waals surface area contributed by atoms with E-state index in [-0.39, 0.29) is 5.48 Å². The van der Waals surface area contributed by atoms with E-state index >= 15 is 0 Å². The van der Waals surface area contributed by atoms with Gasteiger partial charge in [0.1, 0.15) is 0 Å². The molecule has 0 heterocycles. The van der Waals surface area contributed by atoms with Gasteiger partial charge < -0.3 is 10.2 Å². The third-order valence-corrected chi connectivity index (χ3v) is 2.53. The van der Waals surface area contributed by atoms with Crippen molar-refractivity contribution in [3.63, 3.8) is 0 Å². The largest absolute Gasteiger partial charge is 0.412 e. The van der Waals surface area contributed by atoms with Gasteiger partial charge in [0.15, 0.2) is 0 Å². The van der Waals surface area contributed by atoms with Crippen LogP contribution in [0.5, 0.6) is 0 Å². The summed E-state index contributed by atoms with van der Waals surface area (Å²) in [5, 5.41) is 0. The Labute approximate surface area is 95.7 Å². The predicted octanol–water partition coefficient (Wildman–Crippen LogP) is 3.73. The van der Waals surface area contributed by atoms with Crippen LogP contribution in [0.3, 0.4) is 0 Å². The lowest BCUT2D eigenvalue weighted by Crippen LogP contribution is -1.97. The highest BCUT2D eigenvalue weighted by Crippen LogP contribution is 2.03. The molecule has 94 valence electrons. The highest BCUT2D eigenvalue weighted by atomic mass is 16.5. The highest BCUT2D eigenvalue weighted by Gasteiger charge is 1.91. The zero-order chi connectivity index (χ0) is 10.5. The van der Waals surface area contributed by atoms with Crippen molar-refractivity contribution in [1.82, 2.24) is 0 Å². The summed E-state index contributed by atoms with van der Waals surface area (Å²) >= 11 is 0. The monoisotopic (exact) mass is 218 g/mol. The van der Waals surface area contributed by atoms with E-state index in [4.69, 9.17) is 4.74 Å². The first-order valence-electron chi connectivity index (χ1n) is 6.49. The second-order valence-corrected chi connectivity index (χ2v) is 4.09. The summed E-state index contributed by atoms with van der Waals surface area (Å²) in [5.74, 6) is 0. The number of rotatable bonds is 11. The van der Waals surface area contributed by atoms with Gasteiger partial charge in [-0.05, 0) is 12.8 Å². The van der Waals surface area contributed by atoms with Crippen molar-refractivity contribution in [2.24, 2.45) is 0 Å². The highest BCUT2D eigenvalue weighted by molar-refractivity contribution is 4.43. The number of hydrogen-bond donors (Lipinski definition) is 0. The van der Waals surface area contributed by atoms with Gasteiger partial charge in [-0.1, -0.05) is 58.8 Å². The standard InChI is InChI=1S/C13H28O.H2O/c1-3-5-7-9-11-13-14-12-10-8-6-4-2;/h3-13H2,1-2H3;1H2. The van der Waals surface area contributed by atoms with Crippen molar-refractivity contribution >= 4 is 0 Å². The molecule has 0 aromatic rings. The molecule has 0 fully saturated rings. The predicted molar refractivity (Wildman–Crippen MR) is 67.3 cm³/mol. The molecule has 0 bridgehead atoms. The van der Waals surface area contributed by atoms with Crippen LogP contribution in [0.15, 0.2) is 0 Å². The van der Waals surface area contributed by atoms with E-state index in [1.807, 2.05) is 0 Å². The molecule has 0 aliphatic carbocycles. The fourth-order valence-corrected chi connectivity index (χ4v) is 1.54. The van der Waals surface area contributed by atoms with Crippen molar-refractivity contribution < 1.29 is 10.2 Å². The zero-order valence-corrected chi connectivity index (χ0v) is 10.7. The minimum Gasteiger partial charge on any atom is -0.412 e. The third-order valence-electron chi connectivity index (χ3n) is 2.53. The smallest absolute Gasteiger partial charge is 0.0466 e. The average molecular weight is 218 g/mol. The van der Waals surface area contributed by atoms with E-state index in [0.29, 0.717) is 0 Å². The van der Waals surface area contributed by atoms with Gasteiger partial charge in [-0.25, -0.2) is 0 Å². The van der Waals surface area contributed by atoms with Crippen molar-refractivity contribution in [3.05, 3.63) is 0 Å². The van der Waals surface area contributed by atoms with Crippen molar-refractivity contribution in [3.8, 4) is 0 Å². The molecule has 0 saturated heterocycles. The van der Waals surface area contributed by atoms with E-state index in [9.17, 15) is 0 Å². The van der Waals surface area contributed by atoms with Crippen LogP contribution in [0.4, 0.5) is 0 Å². The molecule has 0 atom stereocenters. The van der Waals surface area contributed by atoms with Gasteiger partial charge in [0.2, 0.25) is 0 Å². The van der Waals surface area contributed by atoms with E-state index in [1.165, 1.54) is 57.8 Å². The maximum atomic E-state index is 5.56. The topological polar surface area (TPSA) is 40.7 Å². The molecule has 0 aliphatic heterocycles. The van der Waals surface area contributed by atoms with Gasteiger partial charge in [0, 0.05) is 13.2 Å². The van der Waals surface area contributed by atoms with E-state index in [2.05, 4.69) is 13.8 Å². The average Bonchev–Trinajstić information content (AvgIpc) is 2.21. The van der Waals surface area contributed by atoms with Crippen LogP contribution in [-0.2, 0) is 4.74 Å². The Bertz CT molecular complexity index is 82.5. The minimum absolute atomic E-state index is 0. The zero-order valence-electron chi connectivity index (χ0n) is 10.7. The molecular formula is C13H30O2. The number of unbranched alkanes of at least 4 members (excludes halogenated alkanes) is 7. The summed E-state index contributed by atoms with van der Waals surface area (Å²) in [7, 11) is 0. The van der Waals surface area contributed by atoms with Gasteiger partial charge >= 0.3 is 0 Å². The number of hydrogen-bond acceptors (Lipinski definition) is 1. The van der Waals surface area contributed by atoms with Crippen molar-refractivity contribution in [2.45, 2.75) is 71.6 Å². The van der Waals surface area contributed by atoms with Gasteiger partial charge in [-0.15, -0.1) is 0 Å². The van der Waals surface area contributed by atoms with Crippen LogP contribution < -0.4 is 0 Å². The maximum absolute atomic E-state index is 5.56. The first-order chi connectivity index (χ1) is 6.91.